The van der Waals surface area contributed by atoms with Crippen molar-refractivity contribution in [3.63, 3.8) is 0 Å². The molecular formula is C57H35N5S. The van der Waals surface area contributed by atoms with Gasteiger partial charge in [0, 0.05) is 69.5 Å². The van der Waals surface area contributed by atoms with Crippen molar-refractivity contribution in [2.45, 2.75) is 0 Å². The number of benzene rings is 9. The number of rotatable bonds is 6. The molecule has 4 aromatic heterocycles. The third kappa shape index (κ3) is 5.59. The maximum atomic E-state index is 5.49. The first-order chi connectivity index (χ1) is 31.3. The highest BCUT2D eigenvalue weighted by Gasteiger charge is 2.23. The second kappa shape index (κ2) is 14.2. The first kappa shape index (κ1) is 35.6. The van der Waals surface area contributed by atoms with Crippen LogP contribution >= 0.6 is 11.3 Å². The molecule has 9 aromatic carbocycles. The number of hydrogen-bond donors (Lipinski definition) is 0. The summed E-state index contributed by atoms with van der Waals surface area (Å²) in [4.78, 5) is 16.1. The predicted octanol–water partition coefficient (Wildman–Crippen LogP) is 15.1. The van der Waals surface area contributed by atoms with Gasteiger partial charge in [-0.15, -0.1) is 11.3 Å². The third-order valence-electron chi connectivity index (χ3n) is 12.4. The summed E-state index contributed by atoms with van der Waals surface area (Å²) in [5.74, 6) is 1.76. The number of para-hydroxylation sites is 4. The van der Waals surface area contributed by atoms with E-state index in [4.69, 9.17) is 15.0 Å². The quantitative estimate of drug-likeness (QED) is 0.168. The van der Waals surface area contributed by atoms with E-state index in [9.17, 15) is 0 Å². The molecule has 0 fully saturated rings. The standard InChI is InChI=1S/C57H35N5S/c1-3-17-36(18-4-1)39-34-33-38(35-51(39)61-48-29-11-7-21-40(48)41-22-8-12-30-49(41)61)56-58-55(37-19-5-2-6-20-37)59-57(60-56)62-50-31-13-9-23-42(50)44-25-15-26-45(53(44)62)47-28-16-27-46-43-24-10-14-32-52(43)63-54(46)47/h1-35H. The molecule has 0 N–H and O–H groups in total. The largest absolute Gasteiger partial charge is 0.309 e. The highest BCUT2D eigenvalue weighted by atomic mass is 32.1. The molecule has 0 saturated carbocycles. The summed E-state index contributed by atoms with van der Waals surface area (Å²) < 4.78 is 7.20. The third-order valence-corrected chi connectivity index (χ3v) is 13.6. The van der Waals surface area contributed by atoms with Gasteiger partial charge >= 0.3 is 0 Å². The summed E-state index contributed by atoms with van der Waals surface area (Å²) >= 11 is 1.85. The molecule has 0 atom stereocenters. The Labute approximate surface area is 366 Å². The van der Waals surface area contributed by atoms with Gasteiger partial charge in [-0.25, -0.2) is 4.98 Å². The monoisotopic (exact) mass is 821 g/mol. The van der Waals surface area contributed by atoms with Gasteiger partial charge in [-0.2, -0.15) is 9.97 Å². The van der Waals surface area contributed by atoms with Crippen LogP contribution in [0.25, 0.3) is 120 Å². The Bertz CT molecular complexity index is 3860. The first-order valence-corrected chi connectivity index (χ1v) is 22.0. The lowest BCUT2D eigenvalue weighted by Gasteiger charge is -2.17. The molecular weight excluding hydrogens is 787 g/mol. The minimum atomic E-state index is 0.562. The van der Waals surface area contributed by atoms with Gasteiger partial charge < -0.3 is 4.57 Å². The summed E-state index contributed by atoms with van der Waals surface area (Å²) in [5, 5.41) is 7.24. The van der Waals surface area contributed by atoms with E-state index < -0.39 is 0 Å². The summed E-state index contributed by atoms with van der Waals surface area (Å²) in [5.41, 5.74) is 11.8. The van der Waals surface area contributed by atoms with E-state index >= 15 is 0 Å². The molecule has 13 aromatic rings. The smallest absolute Gasteiger partial charge is 0.238 e. The van der Waals surface area contributed by atoms with E-state index in [1.807, 2.05) is 29.5 Å². The van der Waals surface area contributed by atoms with Crippen molar-refractivity contribution in [3.8, 4) is 56.7 Å². The van der Waals surface area contributed by atoms with Crippen LogP contribution in [-0.2, 0) is 0 Å². The maximum absolute atomic E-state index is 5.49. The lowest BCUT2D eigenvalue weighted by molar-refractivity contribution is 0.953. The molecule has 63 heavy (non-hydrogen) atoms. The Balaban J connectivity index is 1.10. The first-order valence-electron chi connectivity index (χ1n) is 21.2. The number of fused-ring (bicyclic) bond motifs is 9. The predicted molar refractivity (Wildman–Crippen MR) is 263 cm³/mol. The molecule has 0 aliphatic heterocycles. The number of thiophene rings is 1. The molecule has 294 valence electrons. The number of nitrogens with zero attached hydrogens (tertiary/aromatic N) is 5. The summed E-state index contributed by atoms with van der Waals surface area (Å²) in [6.07, 6.45) is 0. The zero-order valence-electron chi connectivity index (χ0n) is 33.9. The topological polar surface area (TPSA) is 48.5 Å². The van der Waals surface area contributed by atoms with Gasteiger partial charge in [0.15, 0.2) is 11.6 Å². The van der Waals surface area contributed by atoms with Gasteiger partial charge in [0.2, 0.25) is 5.95 Å². The second-order valence-corrected chi connectivity index (χ2v) is 17.0. The maximum Gasteiger partial charge on any atom is 0.238 e. The molecule has 0 bridgehead atoms. The van der Waals surface area contributed by atoms with E-state index in [1.165, 1.54) is 36.5 Å². The van der Waals surface area contributed by atoms with Gasteiger partial charge in [0.25, 0.3) is 0 Å². The van der Waals surface area contributed by atoms with E-state index in [1.54, 1.807) is 0 Å². The molecule has 0 amide bonds. The van der Waals surface area contributed by atoms with Crippen molar-refractivity contribution in [2.24, 2.45) is 0 Å². The molecule has 6 heteroatoms. The van der Waals surface area contributed by atoms with Gasteiger partial charge in [-0.3, -0.25) is 4.57 Å². The van der Waals surface area contributed by atoms with Crippen molar-refractivity contribution in [2.75, 3.05) is 0 Å². The van der Waals surface area contributed by atoms with Crippen molar-refractivity contribution in [1.29, 1.82) is 0 Å². The minimum Gasteiger partial charge on any atom is -0.309 e. The number of aromatic nitrogens is 5. The van der Waals surface area contributed by atoms with Gasteiger partial charge in [0.05, 0.1) is 27.8 Å². The van der Waals surface area contributed by atoms with Crippen molar-refractivity contribution in [3.05, 3.63) is 212 Å². The molecule has 0 aliphatic rings. The molecule has 5 nitrogen and oxygen atoms in total. The van der Waals surface area contributed by atoms with Crippen LogP contribution in [0.2, 0.25) is 0 Å². The summed E-state index contributed by atoms with van der Waals surface area (Å²) in [7, 11) is 0. The Morgan fingerprint density at radius 1 is 0.333 bits per heavy atom. The lowest BCUT2D eigenvalue weighted by atomic mass is 10.00. The summed E-state index contributed by atoms with van der Waals surface area (Å²) in [6, 6.07) is 75.5. The molecule has 0 aliphatic carbocycles. The van der Waals surface area contributed by atoms with Crippen LogP contribution in [0.1, 0.15) is 0 Å². The van der Waals surface area contributed by atoms with Gasteiger partial charge in [0.1, 0.15) is 0 Å². The van der Waals surface area contributed by atoms with E-state index in [2.05, 4.69) is 203 Å². The van der Waals surface area contributed by atoms with E-state index in [0.717, 1.165) is 66.3 Å². The van der Waals surface area contributed by atoms with Gasteiger partial charge in [-0.1, -0.05) is 182 Å². The highest BCUT2D eigenvalue weighted by molar-refractivity contribution is 7.26. The Morgan fingerprint density at radius 2 is 0.857 bits per heavy atom. The highest BCUT2D eigenvalue weighted by Crippen LogP contribution is 2.45. The molecule has 0 spiro atoms. The fourth-order valence-electron chi connectivity index (χ4n) is 9.61. The van der Waals surface area contributed by atoms with Crippen molar-refractivity contribution in [1.82, 2.24) is 24.1 Å². The fourth-order valence-corrected chi connectivity index (χ4v) is 10.8. The SMILES string of the molecule is c1ccc(-c2nc(-c3ccc(-c4ccccc4)c(-n4c5ccccc5c5ccccc54)c3)nc(-n3c4ccccc4c4cccc(-c5cccc6c5sc5ccccc56)c43)n2)cc1. The van der Waals surface area contributed by atoms with Crippen molar-refractivity contribution >= 4 is 75.1 Å². The van der Waals surface area contributed by atoms with Crippen LogP contribution in [0.15, 0.2) is 212 Å². The molecule has 0 saturated heterocycles. The van der Waals surface area contributed by atoms with Gasteiger partial charge in [-0.05, 0) is 35.9 Å². The van der Waals surface area contributed by atoms with Crippen LogP contribution < -0.4 is 0 Å². The summed E-state index contributed by atoms with van der Waals surface area (Å²) in [6.45, 7) is 0. The minimum absolute atomic E-state index is 0.562. The average Bonchev–Trinajstić information content (AvgIpc) is 4.02. The second-order valence-electron chi connectivity index (χ2n) is 16.0. The fraction of sp³-hybridized carbons (Fsp3) is 0. The zero-order chi connectivity index (χ0) is 41.4. The van der Waals surface area contributed by atoms with Crippen LogP contribution in [-0.4, -0.2) is 24.1 Å². The van der Waals surface area contributed by atoms with Crippen molar-refractivity contribution < 1.29 is 0 Å². The average molecular weight is 822 g/mol. The molecule has 4 heterocycles. The van der Waals surface area contributed by atoms with Crippen LogP contribution in [0.5, 0.6) is 0 Å². The number of hydrogen-bond acceptors (Lipinski definition) is 4. The van der Waals surface area contributed by atoms with Crippen LogP contribution in [0, 0.1) is 0 Å². The Kier molecular flexibility index (Phi) is 8.01. The zero-order valence-corrected chi connectivity index (χ0v) is 34.7. The van der Waals surface area contributed by atoms with E-state index in [0.29, 0.717) is 17.6 Å². The normalized spacial score (nSPS) is 11.8. The Morgan fingerprint density at radius 3 is 1.56 bits per heavy atom. The van der Waals surface area contributed by atoms with Crippen LogP contribution in [0.3, 0.4) is 0 Å². The van der Waals surface area contributed by atoms with E-state index in [-0.39, 0.29) is 0 Å². The molecule has 0 unspecified atom stereocenters. The van der Waals surface area contributed by atoms with Crippen LogP contribution in [0.4, 0.5) is 0 Å². The molecule has 0 radical (unpaired) electrons. The molecule has 13 rings (SSSR count). The Hall–Kier alpha value is -8.19. The lowest BCUT2D eigenvalue weighted by Crippen LogP contribution is -2.07.